The number of aromatic nitrogens is 1. The standard InChI is InChI=1S/C19H20N2OS/c1-2-3-6-14-9-11-15(12-10-14)19(22)20-13-18-21-16-7-4-5-8-17(16)23-18/h4-5,7-12H,2-3,6,13H2,1H3,(H,20,22). The minimum atomic E-state index is -0.0497. The van der Waals surface area contributed by atoms with Gasteiger partial charge in [0.2, 0.25) is 0 Å². The number of carbonyl (C=O) groups excluding carboxylic acids is 1. The Bertz CT molecular complexity index is 759. The van der Waals surface area contributed by atoms with Crippen LogP contribution in [0.4, 0.5) is 0 Å². The van der Waals surface area contributed by atoms with E-state index in [1.165, 1.54) is 18.4 Å². The molecule has 2 aromatic carbocycles. The maximum Gasteiger partial charge on any atom is 0.251 e. The first kappa shape index (κ1) is 15.7. The predicted molar refractivity (Wildman–Crippen MR) is 95.8 cm³/mol. The van der Waals surface area contributed by atoms with E-state index in [1.807, 2.05) is 48.5 Å². The number of hydrogen-bond acceptors (Lipinski definition) is 3. The number of carbonyl (C=O) groups is 1. The molecule has 0 spiro atoms. The van der Waals surface area contributed by atoms with Gasteiger partial charge in [-0.2, -0.15) is 0 Å². The summed E-state index contributed by atoms with van der Waals surface area (Å²) in [7, 11) is 0. The van der Waals surface area contributed by atoms with Crippen LogP contribution < -0.4 is 5.32 Å². The molecule has 0 aliphatic carbocycles. The van der Waals surface area contributed by atoms with Crippen molar-refractivity contribution in [1.29, 1.82) is 0 Å². The van der Waals surface area contributed by atoms with Crippen molar-refractivity contribution in [2.45, 2.75) is 32.7 Å². The molecule has 0 aliphatic heterocycles. The quantitative estimate of drug-likeness (QED) is 0.722. The van der Waals surface area contributed by atoms with E-state index in [0.717, 1.165) is 21.6 Å². The van der Waals surface area contributed by atoms with Gasteiger partial charge < -0.3 is 5.32 Å². The predicted octanol–water partition coefficient (Wildman–Crippen LogP) is 4.57. The fourth-order valence-electron chi connectivity index (χ4n) is 2.46. The first-order chi connectivity index (χ1) is 11.3. The van der Waals surface area contributed by atoms with Gasteiger partial charge in [-0.25, -0.2) is 4.98 Å². The molecule has 0 saturated carbocycles. The van der Waals surface area contributed by atoms with Crippen LogP contribution in [0.15, 0.2) is 48.5 Å². The Balaban J connectivity index is 1.60. The SMILES string of the molecule is CCCCc1ccc(C(=O)NCc2nc3ccccc3s2)cc1. The Hall–Kier alpha value is -2.20. The van der Waals surface area contributed by atoms with Crippen molar-refractivity contribution >= 4 is 27.5 Å². The molecule has 4 heteroatoms. The lowest BCUT2D eigenvalue weighted by atomic mass is 10.1. The second-order valence-corrected chi connectivity index (χ2v) is 6.67. The van der Waals surface area contributed by atoms with Crippen LogP contribution in [0.3, 0.4) is 0 Å². The highest BCUT2D eigenvalue weighted by atomic mass is 32.1. The van der Waals surface area contributed by atoms with E-state index in [1.54, 1.807) is 11.3 Å². The van der Waals surface area contributed by atoms with Crippen molar-refractivity contribution in [2.24, 2.45) is 0 Å². The molecule has 0 saturated heterocycles. The highest BCUT2D eigenvalue weighted by molar-refractivity contribution is 7.18. The Kier molecular flexibility index (Phi) is 5.03. The summed E-state index contributed by atoms with van der Waals surface area (Å²) in [6, 6.07) is 15.9. The van der Waals surface area contributed by atoms with Crippen molar-refractivity contribution in [2.75, 3.05) is 0 Å². The van der Waals surface area contributed by atoms with Gasteiger partial charge in [0.05, 0.1) is 16.8 Å². The number of para-hydroxylation sites is 1. The van der Waals surface area contributed by atoms with Crippen LogP contribution in [-0.2, 0) is 13.0 Å². The maximum atomic E-state index is 12.2. The molecule has 0 aliphatic rings. The maximum absolute atomic E-state index is 12.2. The number of benzene rings is 2. The monoisotopic (exact) mass is 324 g/mol. The third-order valence-corrected chi connectivity index (χ3v) is 4.81. The molecule has 0 bridgehead atoms. The van der Waals surface area contributed by atoms with Crippen molar-refractivity contribution in [3.05, 3.63) is 64.7 Å². The normalized spacial score (nSPS) is 10.8. The lowest BCUT2D eigenvalue weighted by Gasteiger charge is -2.05. The zero-order chi connectivity index (χ0) is 16.1. The van der Waals surface area contributed by atoms with E-state index in [2.05, 4.69) is 17.2 Å². The molecule has 1 N–H and O–H groups in total. The van der Waals surface area contributed by atoms with Gasteiger partial charge in [-0.05, 0) is 42.7 Å². The zero-order valence-electron chi connectivity index (χ0n) is 13.2. The van der Waals surface area contributed by atoms with E-state index in [0.29, 0.717) is 12.1 Å². The number of rotatable bonds is 6. The molecule has 0 radical (unpaired) electrons. The fourth-order valence-corrected chi connectivity index (χ4v) is 3.36. The number of fused-ring (bicyclic) bond motifs is 1. The Labute approximate surface area is 140 Å². The highest BCUT2D eigenvalue weighted by Gasteiger charge is 2.08. The Morgan fingerprint density at radius 3 is 2.65 bits per heavy atom. The summed E-state index contributed by atoms with van der Waals surface area (Å²) in [5, 5.41) is 3.88. The van der Waals surface area contributed by atoms with E-state index in [9.17, 15) is 4.79 Å². The molecule has 0 fully saturated rings. The molecule has 3 nitrogen and oxygen atoms in total. The van der Waals surface area contributed by atoms with Crippen molar-refractivity contribution < 1.29 is 4.79 Å². The number of nitrogens with one attached hydrogen (secondary N) is 1. The van der Waals surface area contributed by atoms with Gasteiger partial charge in [-0.15, -0.1) is 11.3 Å². The van der Waals surface area contributed by atoms with Gasteiger partial charge >= 0.3 is 0 Å². The summed E-state index contributed by atoms with van der Waals surface area (Å²) < 4.78 is 1.15. The second kappa shape index (κ2) is 7.38. The molecule has 1 aromatic heterocycles. The molecule has 1 amide bonds. The van der Waals surface area contributed by atoms with Gasteiger partial charge in [0.1, 0.15) is 5.01 Å². The molecular weight excluding hydrogens is 304 g/mol. The summed E-state index contributed by atoms with van der Waals surface area (Å²) in [6.45, 7) is 2.65. The summed E-state index contributed by atoms with van der Waals surface area (Å²) in [5.74, 6) is -0.0497. The third-order valence-electron chi connectivity index (χ3n) is 3.77. The summed E-state index contributed by atoms with van der Waals surface area (Å²) in [6.07, 6.45) is 3.44. The van der Waals surface area contributed by atoms with E-state index in [-0.39, 0.29) is 5.91 Å². The van der Waals surface area contributed by atoms with Crippen LogP contribution in [0.2, 0.25) is 0 Å². The minimum absolute atomic E-state index is 0.0497. The molecule has 118 valence electrons. The van der Waals surface area contributed by atoms with Crippen molar-refractivity contribution in [1.82, 2.24) is 10.3 Å². The average Bonchev–Trinajstić information content (AvgIpc) is 3.01. The van der Waals surface area contributed by atoms with Crippen LogP contribution in [0.5, 0.6) is 0 Å². The largest absolute Gasteiger partial charge is 0.346 e. The van der Waals surface area contributed by atoms with Crippen LogP contribution >= 0.6 is 11.3 Å². The van der Waals surface area contributed by atoms with E-state index < -0.39 is 0 Å². The fraction of sp³-hybridized carbons (Fsp3) is 0.263. The Morgan fingerprint density at radius 1 is 1.13 bits per heavy atom. The zero-order valence-corrected chi connectivity index (χ0v) is 14.0. The Morgan fingerprint density at radius 2 is 1.91 bits per heavy atom. The molecular formula is C19H20N2OS. The second-order valence-electron chi connectivity index (χ2n) is 5.56. The molecule has 23 heavy (non-hydrogen) atoms. The third kappa shape index (κ3) is 3.96. The van der Waals surface area contributed by atoms with Crippen LogP contribution in [0.25, 0.3) is 10.2 Å². The molecule has 3 rings (SSSR count). The van der Waals surface area contributed by atoms with E-state index in [4.69, 9.17) is 0 Å². The topological polar surface area (TPSA) is 42.0 Å². The number of unbranched alkanes of at least 4 members (excludes halogenated alkanes) is 1. The lowest BCUT2D eigenvalue weighted by molar-refractivity contribution is 0.0951. The molecule has 0 atom stereocenters. The van der Waals surface area contributed by atoms with Gasteiger partial charge in [0.15, 0.2) is 0 Å². The van der Waals surface area contributed by atoms with Crippen LogP contribution in [0, 0.1) is 0 Å². The molecule has 1 heterocycles. The first-order valence-electron chi connectivity index (χ1n) is 7.98. The molecule has 3 aromatic rings. The number of nitrogens with zero attached hydrogens (tertiary/aromatic N) is 1. The van der Waals surface area contributed by atoms with Crippen molar-refractivity contribution in [3.8, 4) is 0 Å². The van der Waals surface area contributed by atoms with Crippen LogP contribution in [-0.4, -0.2) is 10.9 Å². The number of aryl methyl sites for hydroxylation is 1. The van der Waals surface area contributed by atoms with Gasteiger partial charge in [0, 0.05) is 5.56 Å². The minimum Gasteiger partial charge on any atom is -0.346 e. The summed E-state index contributed by atoms with van der Waals surface area (Å²) in [4.78, 5) is 16.8. The van der Waals surface area contributed by atoms with Gasteiger partial charge in [0.25, 0.3) is 5.91 Å². The number of hydrogen-bond donors (Lipinski definition) is 1. The van der Waals surface area contributed by atoms with Gasteiger partial charge in [-0.3, -0.25) is 4.79 Å². The number of amides is 1. The van der Waals surface area contributed by atoms with Crippen molar-refractivity contribution in [3.63, 3.8) is 0 Å². The highest BCUT2D eigenvalue weighted by Crippen LogP contribution is 2.21. The summed E-state index contributed by atoms with van der Waals surface area (Å²) >= 11 is 1.62. The van der Waals surface area contributed by atoms with Gasteiger partial charge in [-0.1, -0.05) is 37.6 Å². The van der Waals surface area contributed by atoms with E-state index >= 15 is 0 Å². The lowest BCUT2D eigenvalue weighted by Crippen LogP contribution is -2.22. The smallest absolute Gasteiger partial charge is 0.251 e. The number of thiazole rings is 1. The summed E-state index contributed by atoms with van der Waals surface area (Å²) in [5.41, 5.74) is 2.97. The molecule has 0 unspecified atom stereocenters. The van der Waals surface area contributed by atoms with Crippen LogP contribution in [0.1, 0.15) is 40.7 Å². The first-order valence-corrected chi connectivity index (χ1v) is 8.79. The average molecular weight is 324 g/mol.